The summed E-state index contributed by atoms with van der Waals surface area (Å²) >= 11 is 0. The van der Waals surface area contributed by atoms with Gasteiger partial charge in [0.1, 0.15) is 5.75 Å². The molecule has 2 aromatic rings. The minimum absolute atomic E-state index is 0.0663. The van der Waals surface area contributed by atoms with Crippen LogP contribution in [0.25, 0.3) is 0 Å². The molecule has 30 heavy (non-hydrogen) atoms. The molecule has 0 heterocycles. The average molecular weight is 414 g/mol. The van der Waals surface area contributed by atoms with Gasteiger partial charge in [0.05, 0.1) is 20.3 Å². The first-order valence-corrected chi connectivity index (χ1v) is 10.4. The van der Waals surface area contributed by atoms with Gasteiger partial charge in [0, 0.05) is 24.9 Å². The van der Waals surface area contributed by atoms with Gasteiger partial charge in [-0.1, -0.05) is 19.4 Å². The van der Waals surface area contributed by atoms with Crippen LogP contribution in [0, 0.1) is 0 Å². The topological polar surface area (TPSA) is 73.9 Å². The van der Waals surface area contributed by atoms with Gasteiger partial charge in [0.25, 0.3) is 0 Å². The van der Waals surface area contributed by atoms with E-state index < -0.39 is 0 Å². The lowest BCUT2D eigenvalue weighted by Crippen LogP contribution is -2.23. The van der Waals surface area contributed by atoms with Crippen molar-refractivity contribution >= 4 is 11.7 Å². The minimum atomic E-state index is -0.170. The molecule has 0 aliphatic heterocycles. The smallest absolute Gasteiger partial charge is 0.220 e. The van der Waals surface area contributed by atoms with Crippen molar-refractivity contribution in [3.63, 3.8) is 0 Å². The van der Waals surface area contributed by atoms with Gasteiger partial charge in [0.2, 0.25) is 5.91 Å². The highest BCUT2D eigenvalue weighted by atomic mass is 16.5. The number of Topliss-reactive ketones (excluding diaryl/α,β-unsaturated/α-hetero) is 1. The van der Waals surface area contributed by atoms with E-state index in [-0.39, 0.29) is 24.5 Å². The quantitative estimate of drug-likeness (QED) is 0.385. The molecule has 2 rings (SSSR count). The van der Waals surface area contributed by atoms with Gasteiger partial charge in [-0.15, -0.1) is 0 Å². The van der Waals surface area contributed by atoms with Crippen molar-refractivity contribution in [3.05, 3.63) is 53.6 Å². The predicted molar refractivity (Wildman–Crippen MR) is 116 cm³/mol. The Labute approximate surface area is 178 Å². The van der Waals surface area contributed by atoms with E-state index in [0.717, 1.165) is 24.2 Å². The zero-order valence-electron chi connectivity index (χ0n) is 18.0. The SMILES string of the molecule is CCCCOc1ccc(CNC(=O)CCC(=O)c2ccc(OCC)cc2)cc1OC. The van der Waals surface area contributed by atoms with Crippen LogP contribution in [0.1, 0.15) is 55.5 Å². The van der Waals surface area contributed by atoms with E-state index in [1.807, 2.05) is 25.1 Å². The van der Waals surface area contributed by atoms with E-state index in [9.17, 15) is 9.59 Å². The Kier molecular flexibility index (Phi) is 9.71. The first-order valence-electron chi connectivity index (χ1n) is 10.4. The van der Waals surface area contributed by atoms with Crippen molar-refractivity contribution in [3.8, 4) is 17.2 Å². The van der Waals surface area contributed by atoms with Gasteiger partial charge < -0.3 is 19.5 Å². The van der Waals surface area contributed by atoms with E-state index >= 15 is 0 Å². The molecule has 0 bridgehead atoms. The Balaban J connectivity index is 1.80. The molecule has 162 valence electrons. The van der Waals surface area contributed by atoms with E-state index in [1.54, 1.807) is 31.4 Å². The Hall–Kier alpha value is -3.02. The van der Waals surface area contributed by atoms with Crippen LogP contribution >= 0.6 is 0 Å². The van der Waals surface area contributed by atoms with Gasteiger partial charge in [-0.2, -0.15) is 0 Å². The van der Waals surface area contributed by atoms with Gasteiger partial charge in [-0.3, -0.25) is 9.59 Å². The van der Waals surface area contributed by atoms with E-state index in [4.69, 9.17) is 14.2 Å². The Morgan fingerprint density at radius 1 is 0.933 bits per heavy atom. The molecule has 0 aliphatic carbocycles. The van der Waals surface area contributed by atoms with Gasteiger partial charge in [-0.05, 0) is 55.3 Å². The zero-order valence-corrected chi connectivity index (χ0v) is 18.0. The maximum atomic E-state index is 12.3. The number of hydrogen-bond acceptors (Lipinski definition) is 5. The molecular weight excluding hydrogens is 382 g/mol. The number of ketones is 1. The fourth-order valence-electron chi connectivity index (χ4n) is 2.83. The lowest BCUT2D eigenvalue weighted by Gasteiger charge is -2.12. The summed E-state index contributed by atoms with van der Waals surface area (Å²) in [6, 6.07) is 12.6. The molecule has 0 fully saturated rings. The largest absolute Gasteiger partial charge is 0.494 e. The molecule has 0 aromatic heterocycles. The Morgan fingerprint density at radius 3 is 2.37 bits per heavy atom. The number of rotatable bonds is 13. The Morgan fingerprint density at radius 2 is 1.70 bits per heavy atom. The van der Waals surface area contributed by atoms with Gasteiger partial charge >= 0.3 is 0 Å². The number of methoxy groups -OCH3 is 1. The van der Waals surface area contributed by atoms with Crippen LogP contribution in [0.2, 0.25) is 0 Å². The highest BCUT2D eigenvalue weighted by Gasteiger charge is 2.11. The number of nitrogens with one attached hydrogen (secondary N) is 1. The van der Waals surface area contributed by atoms with Crippen LogP contribution in [-0.2, 0) is 11.3 Å². The molecule has 0 atom stereocenters. The van der Waals surface area contributed by atoms with Crippen LogP contribution < -0.4 is 19.5 Å². The predicted octanol–water partition coefficient (Wildman–Crippen LogP) is 4.55. The fourth-order valence-corrected chi connectivity index (χ4v) is 2.83. The van der Waals surface area contributed by atoms with Gasteiger partial charge in [0.15, 0.2) is 17.3 Å². The number of hydrogen-bond donors (Lipinski definition) is 1. The molecular formula is C24H31NO5. The highest BCUT2D eigenvalue weighted by molar-refractivity contribution is 5.98. The first kappa shape index (κ1) is 23.3. The Bertz CT molecular complexity index is 817. The second-order valence-corrected chi connectivity index (χ2v) is 6.84. The number of amides is 1. The van der Waals surface area contributed by atoms with E-state index in [0.29, 0.717) is 36.8 Å². The van der Waals surface area contributed by atoms with Crippen molar-refractivity contribution in [1.82, 2.24) is 5.32 Å². The average Bonchev–Trinajstić information content (AvgIpc) is 2.77. The summed E-state index contributed by atoms with van der Waals surface area (Å²) in [5.74, 6) is 1.83. The van der Waals surface area contributed by atoms with Crippen LogP contribution in [0.15, 0.2) is 42.5 Å². The second kappa shape index (κ2) is 12.5. The summed E-state index contributed by atoms with van der Waals surface area (Å²) in [6.07, 6.45) is 2.35. The summed E-state index contributed by atoms with van der Waals surface area (Å²) in [5.41, 5.74) is 1.48. The maximum absolute atomic E-state index is 12.3. The van der Waals surface area contributed by atoms with Crippen molar-refractivity contribution < 1.29 is 23.8 Å². The van der Waals surface area contributed by atoms with E-state index in [1.165, 1.54) is 0 Å². The molecule has 2 aromatic carbocycles. The summed E-state index contributed by atoms with van der Waals surface area (Å²) in [6.45, 7) is 5.60. The zero-order chi connectivity index (χ0) is 21.8. The molecule has 0 radical (unpaired) electrons. The minimum Gasteiger partial charge on any atom is -0.494 e. The molecule has 1 N–H and O–H groups in total. The highest BCUT2D eigenvalue weighted by Crippen LogP contribution is 2.28. The molecule has 0 aliphatic rings. The molecule has 0 saturated carbocycles. The summed E-state index contributed by atoms with van der Waals surface area (Å²) in [7, 11) is 1.59. The normalized spacial score (nSPS) is 10.4. The third-order valence-electron chi connectivity index (χ3n) is 4.54. The lowest BCUT2D eigenvalue weighted by atomic mass is 10.1. The van der Waals surface area contributed by atoms with Crippen LogP contribution in [0.3, 0.4) is 0 Å². The molecule has 0 saturated heterocycles. The second-order valence-electron chi connectivity index (χ2n) is 6.84. The van der Waals surface area contributed by atoms with Crippen LogP contribution in [-0.4, -0.2) is 32.0 Å². The summed E-state index contributed by atoms with van der Waals surface area (Å²) in [4.78, 5) is 24.4. The lowest BCUT2D eigenvalue weighted by molar-refractivity contribution is -0.121. The summed E-state index contributed by atoms with van der Waals surface area (Å²) < 4.78 is 16.5. The van der Waals surface area contributed by atoms with Crippen LogP contribution in [0.4, 0.5) is 0 Å². The number of carbonyl (C=O) groups excluding carboxylic acids is 2. The number of carbonyl (C=O) groups is 2. The van der Waals surface area contributed by atoms with Crippen molar-refractivity contribution in [2.75, 3.05) is 20.3 Å². The van der Waals surface area contributed by atoms with Gasteiger partial charge in [-0.25, -0.2) is 0 Å². The fraction of sp³-hybridized carbons (Fsp3) is 0.417. The third kappa shape index (κ3) is 7.43. The summed E-state index contributed by atoms with van der Waals surface area (Å²) in [5, 5.41) is 2.85. The molecule has 6 heteroatoms. The number of unbranched alkanes of at least 4 members (excludes halogenated alkanes) is 1. The molecule has 0 unspecified atom stereocenters. The molecule has 0 spiro atoms. The maximum Gasteiger partial charge on any atom is 0.220 e. The van der Waals surface area contributed by atoms with Crippen molar-refractivity contribution in [2.24, 2.45) is 0 Å². The number of ether oxygens (including phenoxy) is 3. The monoisotopic (exact) mass is 413 g/mol. The van der Waals surface area contributed by atoms with Crippen molar-refractivity contribution in [2.45, 2.75) is 46.1 Å². The first-order chi connectivity index (χ1) is 14.6. The standard InChI is InChI=1S/C24H31NO5/c1-4-6-15-30-22-13-7-18(16-23(22)28-3)17-25-24(27)14-12-21(26)19-8-10-20(11-9-19)29-5-2/h7-11,13,16H,4-6,12,14-15,17H2,1-3H3,(H,25,27). The third-order valence-corrected chi connectivity index (χ3v) is 4.54. The van der Waals surface area contributed by atoms with Crippen molar-refractivity contribution in [1.29, 1.82) is 0 Å². The molecule has 6 nitrogen and oxygen atoms in total. The number of benzene rings is 2. The van der Waals surface area contributed by atoms with Crippen LogP contribution in [0.5, 0.6) is 17.2 Å². The molecule has 1 amide bonds. The van der Waals surface area contributed by atoms with E-state index in [2.05, 4.69) is 12.2 Å².